The molecule has 0 fully saturated rings. The lowest BCUT2D eigenvalue weighted by molar-refractivity contribution is 0.106. The average Bonchev–Trinajstić information content (AvgIpc) is 2.35. The maximum Gasteiger partial charge on any atom is 0.337 e. The fraction of sp³-hybridized carbons (Fsp3) is 0.182. The van der Waals surface area contributed by atoms with Crippen molar-refractivity contribution in [1.82, 2.24) is 10.3 Å². The van der Waals surface area contributed by atoms with E-state index < -0.39 is 0 Å². The van der Waals surface area contributed by atoms with Crippen LogP contribution in [0.4, 0.5) is 4.79 Å². The Bertz CT molecular complexity index is 401. The van der Waals surface area contributed by atoms with Gasteiger partial charge in [-0.1, -0.05) is 30.3 Å². The second-order valence-electron chi connectivity index (χ2n) is 3.05. The molecule has 5 nitrogen and oxygen atoms in total. The third kappa shape index (κ3) is 3.20. The van der Waals surface area contributed by atoms with Gasteiger partial charge in [0, 0.05) is 19.7 Å². The van der Waals surface area contributed by atoms with Gasteiger partial charge in [-0.25, -0.2) is 9.80 Å². The highest BCUT2D eigenvalue weighted by molar-refractivity contribution is 6.35. The Hall–Kier alpha value is -2.17. The minimum Gasteiger partial charge on any atom is -0.340 e. The number of rotatable bonds is 3. The van der Waals surface area contributed by atoms with E-state index in [0.29, 0.717) is 5.56 Å². The molecule has 0 saturated carbocycles. The molecule has 0 atom stereocenters. The lowest BCUT2D eigenvalue weighted by Gasteiger charge is -2.08. The molecule has 0 aliphatic carbocycles. The first-order valence-electron chi connectivity index (χ1n) is 4.74. The summed E-state index contributed by atoms with van der Waals surface area (Å²) in [7, 11) is 2.96. The largest absolute Gasteiger partial charge is 0.340 e. The van der Waals surface area contributed by atoms with Crippen molar-refractivity contribution >= 4 is 18.0 Å². The van der Waals surface area contributed by atoms with Gasteiger partial charge in [0.15, 0.2) is 0 Å². The van der Waals surface area contributed by atoms with Crippen molar-refractivity contribution < 1.29 is 9.59 Å². The summed E-state index contributed by atoms with van der Waals surface area (Å²) in [5, 5.41) is 7.16. The monoisotopic (exact) mass is 219 g/mol. The Labute approximate surface area is 93.8 Å². The maximum atomic E-state index is 11.6. The highest BCUT2D eigenvalue weighted by atomic mass is 16.2. The summed E-state index contributed by atoms with van der Waals surface area (Å²) in [5.74, 6) is -0.239. The molecule has 0 heterocycles. The summed E-state index contributed by atoms with van der Waals surface area (Å²) in [6.45, 7) is 0. The average molecular weight is 219 g/mol. The normalized spacial score (nSPS) is 10.1. The molecular formula is C11H13N3O2. The first-order chi connectivity index (χ1) is 7.65. The van der Waals surface area contributed by atoms with Crippen molar-refractivity contribution in [3.63, 3.8) is 0 Å². The van der Waals surface area contributed by atoms with Gasteiger partial charge in [0.25, 0.3) is 0 Å². The zero-order valence-corrected chi connectivity index (χ0v) is 9.18. The molecule has 0 aliphatic rings. The number of amides is 2. The Balaban J connectivity index is 2.65. The van der Waals surface area contributed by atoms with Crippen LogP contribution < -0.4 is 5.32 Å². The Kier molecular flexibility index (Phi) is 4.20. The summed E-state index contributed by atoms with van der Waals surface area (Å²) in [6.07, 6.45) is 1.12. The van der Waals surface area contributed by atoms with E-state index >= 15 is 0 Å². The van der Waals surface area contributed by atoms with Gasteiger partial charge in [0.05, 0.1) is 6.21 Å². The number of urea groups is 1. The van der Waals surface area contributed by atoms with Gasteiger partial charge in [-0.3, -0.25) is 4.79 Å². The van der Waals surface area contributed by atoms with E-state index in [1.54, 1.807) is 24.3 Å². The number of hydrazone groups is 1. The van der Waals surface area contributed by atoms with Gasteiger partial charge in [-0.05, 0) is 0 Å². The van der Waals surface area contributed by atoms with Gasteiger partial charge in [0.2, 0.25) is 5.78 Å². The highest BCUT2D eigenvalue weighted by Crippen LogP contribution is 1.98. The molecule has 1 aromatic carbocycles. The van der Waals surface area contributed by atoms with Crippen molar-refractivity contribution in [3.8, 4) is 0 Å². The second-order valence-corrected chi connectivity index (χ2v) is 3.05. The molecule has 1 N–H and O–H groups in total. The van der Waals surface area contributed by atoms with Crippen LogP contribution >= 0.6 is 0 Å². The predicted molar refractivity (Wildman–Crippen MR) is 61.5 cm³/mol. The number of Topliss-reactive ketones (excluding diaryl/α,β-unsaturated/α-hetero) is 1. The molecule has 16 heavy (non-hydrogen) atoms. The van der Waals surface area contributed by atoms with Crippen molar-refractivity contribution in [2.45, 2.75) is 0 Å². The molecule has 1 aromatic rings. The molecule has 0 unspecified atom stereocenters. The van der Waals surface area contributed by atoms with Crippen LogP contribution in [-0.4, -0.2) is 37.1 Å². The standard InChI is InChI=1S/C11H13N3O2/c1-12-11(16)14(2)13-8-10(15)9-6-4-3-5-7-9/h3-8H,1-2H3,(H,12,16)/b13-8+. The Morgan fingerprint density at radius 3 is 2.50 bits per heavy atom. The van der Waals surface area contributed by atoms with Crippen LogP contribution in [-0.2, 0) is 0 Å². The number of ketones is 1. The predicted octanol–water partition coefficient (Wildman–Crippen LogP) is 1.13. The molecule has 5 heteroatoms. The number of hydrogen-bond acceptors (Lipinski definition) is 3. The molecule has 0 aromatic heterocycles. The van der Waals surface area contributed by atoms with Gasteiger partial charge in [0.1, 0.15) is 0 Å². The molecule has 0 aliphatic heterocycles. The molecule has 0 radical (unpaired) electrons. The van der Waals surface area contributed by atoms with Crippen LogP contribution in [0.15, 0.2) is 35.4 Å². The van der Waals surface area contributed by atoms with Gasteiger partial charge < -0.3 is 5.32 Å². The quantitative estimate of drug-likeness (QED) is 0.470. The van der Waals surface area contributed by atoms with Crippen LogP contribution in [0.3, 0.4) is 0 Å². The van der Waals surface area contributed by atoms with Crippen molar-refractivity contribution in [1.29, 1.82) is 0 Å². The number of carbonyl (C=O) groups excluding carboxylic acids is 2. The number of nitrogens with one attached hydrogen (secondary N) is 1. The SMILES string of the molecule is CNC(=O)N(C)/N=C/C(=O)c1ccccc1. The fourth-order valence-electron chi connectivity index (χ4n) is 1.03. The van der Waals surface area contributed by atoms with Crippen molar-refractivity contribution in [3.05, 3.63) is 35.9 Å². The van der Waals surface area contributed by atoms with Crippen molar-refractivity contribution in [2.24, 2.45) is 5.10 Å². The smallest absolute Gasteiger partial charge is 0.337 e. The molecule has 0 bridgehead atoms. The van der Waals surface area contributed by atoms with E-state index in [4.69, 9.17) is 0 Å². The fourth-order valence-corrected chi connectivity index (χ4v) is 1.03. The van der Waals surface area contributed by atoms with E-state index in [0.717, 1.165) is 11.2 Å². The van der Waals surface area contributed by atoms with E-state index in [1.165, 1.54) is 14.1 Å². The van der Waals surface area contributed by atoms with E-state index in [2.05, 4.69) is 10.4 Å². The lowest BCUT2D eigenvalue weighted by Crippen LogP contribution is -2.31. The minimum atomic E-state index is -0.378. The second kappa shape index (κ2) is 5.65. The summed E-state index contributed by atoms with van der Waals surface area (Å²) in [5.41, 5.74) is 0.538. The Morgan fingerprint density at radius 1 is 1.31 bits per heavy atom. The van der Waals surface area contributed by atoms with Gasteiger partial charge in [-0.15, -0.1) is 0 Å². The van der Waals surface area contributed by atoms with Crippen LogP contribution in [0, 0.1) is 0 Å². The Morgan fingerprint density at radius 2 is 1.94 bits per heavy atom. The van der Waals surface area contributed by atoms with Gasteiger partial charge in [-0.2, -0.15) is 5.10 Å². The maximum absolute atomic E-state index is 11.6. The topological polar surface area (TPSA) is 61.8 Å². The molecule has 0 spiro atoms. The van der Waals surface area contributed by atoms with Crippen LogP contribution in [0.2, 0.25) is 0 Å². The summed E-state index contributed by atoms with van der Waals surface area (Å²) < 4.78 is 0. The van der Waals surface area contributed by atoms with Crippen LogP contribution in [0.25, 0.3) is 0 Å². The van der Waals surface area contributed by atoms with E-state index in [1.807, 2.05) is 6.07 Å². The van der Waals surface area contributed by atoms with Crippen molar-refractivity contribution in [2.75, 3.05) is 14.1 Å². The number of hydrogen-bond donors (Lipinski definition) is 1. The third-order valence-electron chi connectivity index (χ3n) is 1.91. The highest BCUT2D eigenvalue weighted by Gasteiger charge is 2.04. The number of carbonyl (C=O) groups is 2. The first-order valence-corrected chi connectivity index (χ1v) is 4.74. The minimum absolute atomic E-state index is 0.239. The van der Waals surface area contributed by atoms with Crippen LogP contribution in [0.1, 0.15) is 10.4 Å². The third-order valence-corrected chi connectivity index (χ3v) is 1.91. The summed E-state index contributed by atoms with van der Waals surface area (Å²) in [4.78, 5) is 22.6. The molecule has 84 valence electrons. The first kappa shape index (κ1) is 11.9. The van der Waals surface area contributed by atoms with Crippen LogP contribution in [0.5, 0.6) is 0 Å². The number of benzene rings is 1. The molecular weight excluding hydrogens is 206 g/mol. The number of nitrogens with zero attached hydrogens (tertiary/aromatic N) is 2. The summed E-state index contributed by atoms with van der Waals surface area (Å²) in [6, 6.07) is 8.36. The zero-order valence-electron chi connectivity index (χ0n) is 9.18. The zero-order chi connectivity index (χ0) is 12.0. The van der Waals surface area contributed by atoms with E-state index in [9.17, 15) is 9.59 Å². The van der Waals surface area contributed by atoms with E-state index in [-0.39, 0.29) is 11.8 Å². The molecule has 2 amide bonds. The van der Waals surface area contributed by atoms with Gasteiger partial charge >= 0.3 is 6.03 Å². The summed E-state index contributed by atoms with van der Waals surface area (Å²) >= 11 is 0. The molecule has 1 rings (SSSR count). The molecule has 0 saturated heterocycles. The lowest BCUT2D eigenvalue weighted by atomic mass is 10.1.